The second-order valence-corrected chi connectivity index (χ2v) is 8.70. The van der Waals surface area contributed by atoms with Crippen LogP contribution in [0.25, 0.3) is 33.1 Å². The summed E-state index contributed by atoms with van der Waals surface area (Å²) >= 11 is 4.58. The highest BCUT2D eigenvalue weighted by Gasteiger charge is 2.17. The molecule has 0 radical (unpaired) electrons. The molecule has 5 aromatic rings. The number of hydrogen-bond donors (Lipinski definition) is 3. The standard InChI is InChI=1S/C21H12BrN5O5S/c22-11-4-5-18-10(6-11)7-13(20(29)32-18)16-9-33-21(24-16)26-25-19(28)15-8-12-14(23-15)2-1-3-17(12)27(30)31/h1-9,23H,(H,24,26)(H,25,28). The molecule has 0 atom stereocenters. The maximum absolute atomic E-state index is 12.5. The molecule has 0 aliphatic heterocycles. The maximum Gasteiger partial charge on any atom is 0.345 e. The average molecular weight is 526 g/mol. The van der Waals surface area contributed by atoms with Gasteiger partial charge >= 0.3 is 5.63 Å². The Hall–Kier alpha value is -4.03. The number of H-pyrrole nitrogens is 1. The topological polar surface area (TPSA) is 143 Å². The minimum Gasteiger partial charge on any atom is -0.422 e. The van der Waals surface area contributed by atoms with Crippen molar-refractivity contribution in [2.24, 2.45) is 0 Å². The predicted molar refractivity (Wildman–Crippen MR) is 127 cm³/mol. The van der Waals surface area contributed by atoms with Crippen LogP contribution in [0.2, 0.25) is 0 Å². The number of fused-ring (bicyclic) bond motifs is 2. The molecular formula is C21H12BrN5O5S. The number of thiazole rings is 1. The first-order valence-corrected chi connectivity index (χ1v) is 11.1. The van der Waals surface area contributed by atoms with Crippen LogP contribution in [0.1, 0.15) is 10.5 Å². The maximum atomic E-state index is 12.5. The number of halogens is 1. The summed E-state index contributed by atoms with van der Waals surface area (Å²) < 4.78 is 6.22. The molecular weight excluding hydrogens is 514 g/mol. The van der Waals surface area contributed by atoms with E-state index in [9.17, 15) is 19.7 Å². The van der Waals surface area contributed by atoms with Crippen LogP contribution < -0.4 is 16.5 Å². The van der Waals surface area contributed by atoms with Crippen LogP contribution in [-0.2, 0) is 0 Å². The number of hydrazine groups is 1. The van der Waals surface area contributed by atoms with Crippen molar-refractivity contribution in [2.75, 3.05) is 5.43 Å². The second-order valence-electron chi connectivity index (χ2n) is 6.93. The number of nitrogens with zero attached hydrogens (tertiary/aromatic N) is 2. The Morgan fingerprint density at radius 2 is 2.06 bits per heavy atom. The zero-order valence-corrected chi connectivity index (χ0v) is 18.8. The van der Waals surface area contributed by atoms with Crippen molar-refractivity contribution in [3.63, 3.8) is 0 Å². The molecule has 2 aromatic carbocycles. The van der Waals surface area contributed by atoms with Crippen LogP contribution in [0, 0.1) is 10.1 Å². The van der Waals surface area contributed by atoms with Gasteiger partial charge in [-0.15, -0.1) is 11.3 Å². The first-order valence-electron chi connectivity index (χ1n) is 9.41. The van der Waals surface area contributed by atoms with Crippen molar-refractivity contribution < 1.29 is 14.1 Å². The number of hydrogen-bond acceptors (Lipinski definition) is 8. The van der Waals surface area contributed by atoms with Crippen LogP contribution in [-0.4, -0.2) is 20.8 Å². The number of non-ortho nitro benzene ring substituents is 1. The molecule has 33 heavy (non-hydrogen) atoms. The van der Waals surface area contributed by atoms with Gasteiger partial charge in [0.15, 0.2) is 0 Å². The van der Waals surface area contributed by atoms with E-state index in [4.69, 9.17) is 4.42 Å². The van der Waals surface area contributed by atoms with Gasteiger partial charge in [0.1, 0.15) is 11.3 Å². The van der Waals surface area contributed by atoms with Crippen LogP contribution in [0.3, 0.4) is 0 Å². The number of aromatic nitrogens is 2. The van der Waals surface area contributed by atoms with Gasteiger partial charge in [-0.25, -0.2) is 9.78 Å². The van der Waals surface area contributed by atoms with Crippen LogP contribution in [0.4, 0.5) is 10.8 Å². The lowest BCUT2D eigenvalue weighted by Gasteiger charge is -2.03. The molecule has 0 unspecified atom stereocenters. The minimum atomic E-state index is -0.535. The van der Waals surface area contributed by atoms with E-state index in [1.807, 2.05) is 6.07 Å². The highest BCUT2D eigenvalue weighted by atomic mass is 79.9. The van der Waals surface area contributed by atoms with E-state index in [1.54, 1.807) is 29.6 Å². The van der Waals surface area contributed by atoms with Crippen molar-refractivity contribution in [1.82, 2.24) is 15.4 Å². The molecule has 3 heterocycles. The number of nitrogens with one attached hydrogen (secondary N) is 3. The molecule has 0 saturated carbocycles. The Balaban J connectivity index is 1.35. The van der Waals surface area contributed by atoms with Crippen molar-refractivity contribution in [2.45, 2.75) is 0 Å². The third-order valence-corrected chi connectivity index (χ3v) is 6.09. The van der Waals surface area contributed by atoms with Crippen LogP contribution in [0.5, 0.6) is 0 Å². The Morgan fingerprint density at radius 1 is 1.21 bits per heavy atom. The molecule has 0 aliphatic rings. The lowest BCUT2D eigenvalue weighted by atomic mass is 10.1. The van der Waals surface area contributed by atoms with E-state index in [2.05, 4.69) is 36.7 Å². The summed E-state index contributed by atoms with van der Waals surface area (Å²) in [5.41, 5.74) is 6.33. The minimum absolute atomic E-state index is 0.0958. The summed E-state index contributed by atoms with van der Waals surface area (Å²) in [6.45, 7) is 0. The first-order chi connectivity index (χ1) is 15.9. The fourth-order valence-electron chi connectivity index (χ4n) is 3.33. The monoisotopic (exact) mass is 525 g/mol. The number of nitro groups is 1. The Bertz CT molecular complexity index is 1620. The summed E-state index contributed by atoms with van der Waals surface area (Å²) in [7, 11) is 0. The number of anilines is 1. The lowest BCUT2D eigenvalue weighted by Crippen LogP contribution is -2.29. The van der Waals surface area contributed by atoms with E-state index in [0.717, 1.165) is 9.86 Å². The number of rotatable bonds is 5. The lowest BCUT2D eigenvalue weighted by molar-refractivity contribution is -0.383. The number of benzene rings is 2. The van der Waals surface area contributed by atoms with Gasteiger partial charge in [-0.3, -0.25) is 25.8 Å². The van der Waals surface area contributed by atoms with Gasteiger partial charge in [-0.1, -0.05) is 22.0 Å². The molecule has 3 N–H and O–H groups in total. The van der Waals surface area contributed by atoms with E-state index in [-0.39, 0.29) is 11.4 Å². The number of nitro benzene ring substituents is 1. The SMILES string of the molecule is O=C(NNc1nc(-c2cc3cc(Br)ccc3oc2=O)cs1)c1cc2c([N+](=O)[O-])cccc2[nH]1. The van der Waals surface area contributed by atoms with Gasteiger partial charge in [0.05, 0.1) is 27.1 Å². The molecule has 0 bridgehead atoms. The van der Waals surface area contributed by atoms with Crippen molar-refractivity contribution in [3.05, 3.63) is 84.6 Å². The van der Waals surface area contributed by atoms with Gasteiger partial charge in [0.2, 0.25) is 5.13 Å². The second kappa shape index (κ2) is 8.15. The Morgan fingerprint density at radius 3 is 2.88 bits per heavy atom. The molecule has 3 aromatic heterocycles. The highest BCUT2D eigenvalue weighted by Crippen LogP contribution is 2.27. The summed E-state index contributed by atoms with van der Waals surface area (Å²) in [6.07, 6.45) is 0. The van der Waals surface area contributed by atoms with Gasteiger partial charge in [0, 0.05) is 21.3 Å². The molecule has 12 heteroatoms. The van der Waals surface area contributed by atoms with Crippen molar-refractivity contribution in [3.8, 4) is 11.3 Å². The number of carbonyl (C=O) groups is 1. The fourth-order valence-corrected chi connectivity index (χ4v) is 4.37. The van der Waals surface area contributed by atoms with Gasteiger partial charge < -0.3 is 9.40 Å². The normalized spacial score (nSPS) is 11.1. The number of amides is 1. The molecule has 0 aliphatic carbocycles. The zero-order chi connectivity index (χ0) is 23.1. The van der Waals surface area contributed by atoms with Crippen molar-refractivity contribution in [1.29, 1.82) is 0 Å². The molecule has 164 valence electrons. The molecule has 1 amide bonds. The van der Waals surface area contributed by atoms with Gasteiger partial charge in [0.25, 0.3) is 11.6 Å². The molecule has 0 spiro atoms. The van der Waals surface area contributed by atoms with Gasteiger partial charge in [-0.2, -0.15) is 0 Å². The van der Waals surface area contributed by atoms with Crippen molar-refractivity contribution >= 4 is 65.9 Å². The van der Waals surface area contributed by atoms with Gasteiger partial charge in [-0.05, 0) is 36.4 Å². The van der Waals surface area contributed by atoms with E-state index in [1.165, 1.54) is 29.5 Å². The van der Waals surface area contributed by atoms with E-state index in [0.29, 0.717) is 32.9 Å². The smallest absolute Gasteiger partial charge is 0.345 e. The quantitative estimate of drug-likeness (QED) is 0.169. The predicted octanol–water partition coefficient (Wildman–Crippen LogP) is 4.83. The zero-order valence-electron chi connectivity index (χ0n) is 16.4. The summed E-state index contributed by atoms with van der Waals surface area (Å²) in [5, 5.41) is 14.3. The fraction of sp³-hybridized carbons (Fsp3) is 0. The Labute approximate surface area is 196 Å². The van der Waals surface area contributed by atoms with E-state index < -0.39 is 16.5 Å². The molecule has 5 rings (SSSR count). The summed E-state index contributed by atoms with van der Waals surface area (Å²) in [5.74, 6) is -0.535. The average Bonchev–Trinajstić information content (AvgIpc) is 3.44. The van der Waals surface area contributed by atoms with E-state index >= 15 is 0 Å². The largest absolute Gasteiger partial charge is 0.422 e. The molecule has 10 nitrogen and oxygen atoms in total. The molecule has 0 saturated heterocycles. The number of carbonyl (C=O) groups excluding carboxylic acids is 1. The summed E-state index contributed by atoms with van der Waals surface area (Å²) in [6, 6.07) is 13.0. The van der Waals surface area contributed by atoms with Crippen LogP contribution in [0.15, 0.2) is 67.6 Å². The van der Waals surface area contributed by atoms with Crippen LogP contribution >= 0.6 is 27.3 Å². The first kappa shape index (κ1) is 20.8. The third kappa shape index (κ3) is 3.97. The third-order valence-electron chi connectivity index (χ3n) is 4.84. The highest BCUT2D eigenvalue weighted by molar-refractivity contribution is 9.10. The summed E-state index contributed by atoms with van der Waals surface area (Å²) in [4.78, 5) is 42.8. The number of aromatic amines is 1. The molecule has 0 fully saturated rings. The Kier molecular flexibility index (Phi) is 5.15.